The molecule has 0 aliphatic heterocycles. The molecule has 0 aliphatic carbocycles. The molecule has 0 bridgehead atoms. The zero-order chi connectivity index (χ0) is 43.2. The Morgan fingerprint density at radius 2 is 1.17 bits per heavy atom. The van der Waals surface area contributed by atoms with Crippen molar-refractivity contribution in [1.82, 2.24) is 0 Å². The standard InChI is InChI=1S/C30H28.C23H28.C7H8/c1-5-10-24-17-18-26(20-30(24)28-14-9-7-12-22(28)3)25-16-15-23(4)29(19-25)27-13-8-6-11-21(27)2;1-7-10-12-21-18(6)17(5)20(11-8-2)23-15-19(16(4)9-3)13-14-22(21)23;1-7-5-3-2-4-6-7/h5-20H,1-4H3;8,10-16H,2,5,7,9H2,1,3-4,6H3;2-6H,1H3/b10-5-;12-10-,20-11+;. The van der Waals surface area contributed by atoms with Crippen LogP contribution in [0.5, 0.6) is 0 Å². The van der Waals surface area contributed by atoms with Crippen molar-refractivity contribution in [2.75, 3.05) is 0 Å². The van der Waals surface area contributed by atoms with Gasteiger partial charge in [-0.25, -0.2) is 0 Å². The first-order valence-corrected chi connectivity index (χ1v) is 21.6. The molecule has 0 aromatic heterocycles. The fourth-order valence-corrected chi connectivity index (χ4v) is 7.72. The van der Waals surface area contributed by atoms with Crippen molar-refractivity contribution in [2.24, 2.45) is 0 Å². The number of benzene rings is 7. The topological polar surface area (TPSA) is 0 Å². The van der Waals surface area contributed by atoms with Crippen LogP contribution < -0.4 is 10.4 Å². The average molecular weight is 785 g/mol. The lowest BCUT2D eigenvalue weighted by molar-refractivity contribution is 0.734. The van der Waals surface area contributed by atoms with E-state index in [0.29, 0.717) is 5.92 Å². The summed E-state index contributed by atoms with van der Waals surface area (Å²) >= 11 is 0. The number of hydrogen-bond acceptors (Lipinski definition) is 0. The summed E-state index contributed by atoms with van der Waals surface area (Å²) in [6, 6.07) is 48.0. The largest absolute Gasteiger partial charge is 0.0990 e. The Labute approximate surface area is 361 Å². The molecule has 0 heterocycles. The van der Waals surface area contributed by atoms with Crippen molar-refractivity contribution < 1.29 is 0 Å². The summed E-state index contributed by atoms with van der Waals surface area (Å²) in [6.07, 6.45) is 14.9. The number of allylic oxidation sites excluding steroid dienone is 3. The van der Waals surface area contributed by atoms with E-state index >= 15 is 0 Å². The summed E-state index contributed by atoms with van der Waals surface area (Å²) in [5.74, 6) is 0.570. The third kappa shape index (κ3) is 10.9. The van der Waals surface area contributed by atoms with E-state index in [1.165, 1.54) is 93.9 Å². The fourth-order valence-electron chi connectivity index (χ4n) is 7.72. The van der Waals surface area contributed by atoms with Crippen LogP contribution in [0.4, 0.5) is 0 Å². The van der Waals surface area contributed by atoms with Crippen molar-refractivity contribution in [3.05, 3.63) is 213 Å². The monoisotopic (exact) mass is 785 g/mol. The highest BCUT2D eigenvalue weighted by Crippen LogP contribution is 2.35. The third-order valence-corrected chi connectivity index (χ3v) is 11.6. The van der Waals surface area contributed by atoms with E-state index in [4.69, 9.17) is 0 Å². The van der Waals surface area contributed by atoms with Gasteiger partial charge < -0.3 is 0 Å². The van der Waals surface area contributed by atoms with Crippen LogP contribution in [0.2, 0.25) is 0 Å². The van der Waals surface area contributed by atoms with Crippen LogP contribution in [0, 0.1) is 34.6 Å². The summed E-state index contributed by atoms with van der Waals surface area (Å²) in [7, 11) is 0. The normalized spacial score (nSPS) is 11.9. The number of hydrogen-bond donors (Lipinski definition) is 0. The SMILES string of the molecule is C/C=C\c1ccc(-c2ccc(C)c(-c3ccccc3C)c2)cc1-c1ccccc1C.C=C/C=c1\c(=C)c(C)c(/C=C\CC)c2ccc(C(C)CC)cc12.Cc1ccccc1. The molecule has 1 atom stereocenters. The molecule has 60 heavy (non-hydrogen) atoms. The average Bonchev–Trinajstić information content (AvgIpc) is 3.26. The first kappa shape index (κ1) is 44.9. The quantitative estimate of drug-likeness (QED) is 0.137. The lowest BCUT2D eigenvalue weighted by atomic mass is 9.89. The molecule has 0 aliphatic rings. The second-order valence-corrected chi connectivity index (χ2v) is 15.9. The van der Waals surface area contributed by atoms with Gasteiger partial charge in [-0.2, -0.15) is 0 Å². The van der Waals surface area contributed by atoms with E-state index < -0.39 is 0 Å². The van der Waals surface area contributed by atoms with Crippen LogP contribution in [-0.2, 0) is 0 Å². The molecule has 1 unspecified atom stereocenters. The van der Waals surface area contributed by atoms with E-state index in [1.54, 1.807) is 0 Å². The van der Waals surface area contributed by atoms with Gasteiger partial charge in [-0.1, -0.05) is 197 Å². The second kappa shape index (κ2) is 21.7. The van der Waals surface area contributed by atoms with Crippen molar-refractivity contribution in [2.45, 2.75) is 81.1 Å². The molecular formula is C60H64. The Kier molecular flexibility index (Phi) is 16.2. The van der Waals surface area contributed by atoms with Gasteiger partial charge in [0.15, 0.2) is 0 Å². The molecule has 0 spiro atoms. The fraction of sp³-hybridized carbons (Fsp3) is 0.200. The van der Waals surface area contributed by atoms with Crippen molar-refractivity contribution >= 4 is 35.6 Å². The minimum Gasteiger partial charge on any atom is -0.0990 e. The van der Waals surface area contributed by atoms with Crippen molar-refractivity contribution in [3.63, 3.8) is 0 Å². The maximum Gasteiger partial charge on any atom is -0.00966 e. The van der Waals surface area contributed by atoms with Crippen LogP contribution in [0.15, 0.2) is 158 Å². The zero-order valence-corrected chi connectivity index (χ0v) is 37.6. The zero-order valence-electron chi connectivity index (χ0n) is 37.6. The first-order chi connectivity index (χ1) is 29.0. The maximum absolute atomic E-state index is 4.34. The number of aryl methyl sites for hydroxylation is 4. The van der Waals surface area contributed by atoms with Crippen LogP contribution in [-0.4, -0.2) is 0 Å². The highest BCUT2D eigenvalue weighted by molar-refractivity contribution is 5.94. The molecule has 304 valence electrons. The molecule has 0 nitrogen and oxygen atoms in total. The number of fused-ring (bicyclic) bond motifs is 1. The summed E-state index contributed by atoms with van der Waals surface area (Å²) < 4.78 is 0. The smallest absolute Gasteiger partial charge is 0.00966 e. The summed E-state index contributed by atoms with van der Waals surface area (Å²) in [5.41, 5.74) is 18.1. The maximum atomic E-state index is 4.34. The molecule has 0 amide bonds. The summed E-state index contributed by atoms with van der Waals surface area (Å²) in [5, 5.41) is 4.90. The van der Waals surface area contributed by atoms with E-state index in [0.717, 1.165) is 18.1 Å². The number of rotatable bonds is 9. The van der Waals surface area contributed by atoms with Crippen LogP contribution >= 0.6 is 0 Å². The van der Waals surface area contributed by atoms with E-state index in [-0.39, 0.29) is 0 Å². The Morgan fingerprint density at radius 3 is 1.73 bits per heavy atom. The molecule has 0 saturated carbocycles. The first-order valence-electron chi connectivity index (χ1n) is 21.6. The van der Waals surface area contributed by atoms with Gasteiger partial charge in [0.25, 0.3) is 0 Å². The second-order valence-electron chi connectivity index (χ2n) is 15.9. The van der Waals surface area contributed by atoms with E-state index in [1.807, 2.05) is 24.3 Å². The minimum absolute atomic E-state index is 0.570. The van der Waals surface area contributed by atoms with Gasteiger partial charge in [0.1, 0.15) is 0 Å². The Hall–Kier alpha value is -6.24. The van der Waals surface area contributed by atoms with Crippen LogP contribution in [0.25, 0.3) is 69.0 Å². The molecule has 7 aromatic rings. The highest BCUT2D eigenvalue weighted by atomic mass is 14.2. The van der Waals surface area contributed by atoms with Crippen molar-refractivity contribution in [3.8, 4) is 33.4 Å². The Balaban J connectivity index is 0.000000201. The molecule has 7 aromatic carbocycles. The van der Waals surface area contributed by atoms with Gasteiger partial charge in [0.2, 0.25) is 0 Å². The van der Waals surface area contributed by atoms with Gasteiger partial charge in [0.05, 0.1) is 0 Å². The molecular weight excluding hydrogens is 721 g/mol. The van der Waals surface area contributed by atoms with E-state index in [2.05, 4.69) is 221 Å². The minimum atomic E-state index is 0.570. The molecule has 7 rings (SSSR count). The van der Waals surface area contributed by atoms with E-state index in [9.17, 15) is 0 Å². The Bertz CT molecular complexity index is 2720. The van der Waals surface area contributed by atoms with Gasteiger partial charge in [-0.05, 0) is 166 Å². The molecule has 0 saturated heterocycles. The summed E-state index contributed by atoms with van der Waals surface area (Å²) in [6.45, 7) is 27.8. The van der Waals surface area contributed by atoms with Gasteiger partial charge in [-0.15, -0.1) is 0 Å². The van der Waals surface area contributed by atoms with Crippen LogP contribution in [0.1, 0.15) is 91.0 Å². The summed E-state index contributed by atoms with van der Waals surface area (Å²) in [4.78, 5) is 0. The van der Waals surface area contributed by atoms with Gasteiger partial charge in [0, 0.05) is 0 Å². The lowest BCUT2D eigenvalue weighted by Gasteiger charge is -2.15. The molecule has 0 fully saturated rings. The predicted octanol–water partition coefficient (Wildman–Crippen LogP) is 16.1. The lowest BCUT2D eigenvalue weighted by Crippen LogP contribution is -2.28. The van der Waals surface area contributed by atoms with Crippen LogP contribution in [0.3, 0.4) is 0 Å². The molecule has 0 N–H and O–H groups in total. The third-order valence-electron chi connectivity index (χ3n) is 11.6. The predicted molar refractivity (Wildman–Crippen MR) is 269 cm³/mol. The van der Waals surface area contributed by atoms with Crippen molar-refractivity contribution in [1.29, 1.82) is 0 Å². The molecule has 0 heteroatoms. The van der Waals surface area contributed by atoms with Gasteiger partial charge in [-0.3, -0.25) is 0 Å². The molecule has 0 radical (unpaired) electrons. The highest BCUT2D eigenvalue weighted by Gasteiger charge is 2.12. The Morgan fingerprint density at radius 1 is 0.583 bits per heavy atom. The van der Waals surface area contributed by atoms with Gasteiger partial charge >= 0.3 is 0 Å².